The van der Waals surface area contributed by atoms with Crippen molar-refractivity contribution in [2.45, 2.75) is 16.3 Å². The second-order valence-electron chi connectivity index (χ2n) is 4.26. The summed E-state index contributed by atoms with van der Waals surface area (Å²) in [6, 6.07) is 14.3. The molecular formula is C16H19NO2S. The largest absolute Gasteiger partial charge is 0.497 e. The van der Waals surface area contributed by atoms with Crippen molar-refractivity contribution in [1.29, 1.82) is 0 Å². The topological polar surface area (TPSA) is 30.5 Å². The van der Waals surface area contributed by atoms with Crippen LogP contribution in [0.2, 0.25) is 0 Å². The fourth-order valence-electron chi connectivity index (χ4n) is 1.92. The lowest BCUT2D eigenvalue weighted by Gasteiger charge is -2.12. The van der Waals surface area contributed by atoms with Crippen LogP contribution in [-0.4, -0.2) is 21.3 Å². The molecular weight excluding hydrogens is 270 g/mol. The third kappa shape index (κ3) is 3.46. The smallest absolute Gasteiger partial charge is 0.136 e. The standard InChI is InChI=1S/C16H19NO2S/c1-17-11-12-6-4-5-7-15(12)20-16-9-8-13(18-2)10-14(16)19-3/h4-10,17H,11H2,1-3H3. The van der Waals surface area contributed by atoms with Gasteiger partial charge >= 0.3 is 0 Å². The van der Waals surface area contributed by atoms with Gasteiger partial charge in [0.1, 0.15) is 11.5 Å². The summed E-state index contributed by atoms with van der Waals surface area (Å²) >= 11 is 1.70. The Morgan fingerprint density at radius 1 is 1.00 bits per heavy atom. The SMILES string of the molecule is CNCc1ccccc1Sc1ccc(OC)cc1OC. The van der Waals surface area contributed by atoms with E-state index in [2.05, 4.69) is 29.6 Å². The monoisotopic (exact) mass is 289 g/mol. The van der Waals surface area contributed by atoms with Gasteiger partial charge in [0.05, 0.1) is 19.1 Å². The molecule has 106 valence electrons. The molecule has 0 spiro atoms. The summed E-state index contributed by atoms with van der Waals surface area (Å²) < 4.78 is 10.7. The van der Waals surface area contributed by atoms with E-state index in [0.717, 1.165) is 22.9 Å². The minimum Gasteiger partial charge on any atom is -0.497 e. The highest BCUT2D eigenvalue weighted by atomic mass is 32.2. The number of benzene rings is 2. The number of hydrogen-bond acceptors (Lipinski definition) is 4. The van der Waals surface area contributed by atoms with Gasteiger partial charge in [-0.1, -0.05) is 30.0 Å². The molecule has 0 bridgehead atoms. The Kier molecular flexibility index (Phi) is 5.32. The van der Waals surface area contributed by atoms with Gasteiger partial charge in [-0.25, -0.2) is 0 Å². The van der Waals surface area contributed by atoms with Crippen LogP contribution in [0.3, 0.4) is 0 Å². The second kappa shape index (κ2) is 7.22. The molecule has 0 heterocycles. The van der Waals surface area contributed by atoms with E-state index >= 15 is 0 Å². The minimum absolute atomic E-state index is 0.801. The summed E-state index contributed by atoms with van der Waals surface area (Å²) in [7, 11) is 5.29. The van der Waals surface area contributed by atoms with Gasteiger partial charge in [0.2, 0.25) is 0 Å². The van der Waals surface area contributed by atoms with Crippen molar-refractivity contribution in [2.75, 3.05) is 21.3 Å². The van der Waals surface area contributed by atoms with Crippen LogP contribution in [0.25, 0.3) is 0 Å². The first-order valence-electron chi connectivity index (χ1n) is 6.41. The second-order valence-corrected chi connectivity index (χ2v) is 5.34. The van der Waals surface area contributed by atoms with Gasteiger partial charge in [-0.05, 0) is 30.8 Å². The molecule has 2 aromatic rings. The van der Waals surface area contributed by atoms with E-state index in [-0.39, 0.29) is 0 Å². The van der Waals surface area contributed by atoms with E-state index < -0.39 is 0 Å². The number of hydrogen-bond donors (Lipinski definition) is 1. The Bertz CT molecular complexity index is 572. The number of methoxy groups -OCH3 is 2. The molecule has 3 nitrogen and oxygen atoms in total. The Labute approximate surface area is 124 Å². The molecule has 0 aromatic heterocycles. The van der Waals surface area contributed by atoms with E-state index in [1.807, 2.05) is 25.2 Å². The van der Waals surface area contributed by atoms with Crippen LogP contribution in [0.5, 0.6) is 11.5 Å². The lowest BCUT2D eigenvalue weighted by atomic mass is 10.2. The highest BCUT2D eigenvalue weighted by molar-refractivity contribution is 7.99. The van der Waals surface area contributed by atoms with Crippen molar-refractivity contribution < 1.29 is 9.47 Å². The van der Waals surface area contributed by atoms with E-state index in [0.29, 0.717) is 0 Å². The molecule has 0 radical (unpaired) electrons. The first-order valence-corrected chi connectivity index (χ1v) is 7.22. The number of ether oxygens (including phenoxy) is 2. The molecule has 4 heteroatoms. The summed E-state index contributed by atoms with van der Waals surface area (Å²) in [5, 5.41) is 3.19. The van der Waals surface area contributed by atoms with E-state index in [9.17, 15) is 0 Å². The average molecular weight is 289 g/mol. The zero-order chi connectivity index (χ0) is 14.4. The van der Waals surface area contributed by atoms with E-state index in [1.165, 1.54) is 10.5 Å². The van der Waals surface area contributed by atoms with Crippen molar-refractivity contribution in [3.8, 4) is 11.5 Å². The molecule has 0 aliphatic rings. The molecule has 0 unspecified atom stereocenters. The minimum atomic E-state index is 0.801. The van der Waals surface area contributed by atoms with Gasteiger partial charge in [-0.3, -0.25) is 0 Å². The van der Waals surface area contributed by atoms with Gasteiger partial charge in [0.25, 0.3) is 0 Å². The van der Waals surface area contributed by atoms with Crippen LogP contribution in [0.1, 0.15) is 5.56 Å². The summed E-state index contributed by atoms with van der Waals surface area (Å²) in [6.45, 7) is 0.849. The molecule has 0 aliphatic carbocycles. The fraction of sp³-hybridized carbons (Fsp3) is 0.250. The molecule has 20 heavy (non-hydrogen) atoms. The molecule has 0 saturated heterocycles. The van der Waals surface area contributed by atoms with Gasteiger partial charge in [-0.15, -0.1) is 0 Å². The van der Waals surface area contributed by atoms with Crippen molar-refractivity contribution in [3.63, 3.8) is 0 Å². The predicted molar refractivity (Wildman–Crippen MR) is 82.9 cm³/mol. The highest BCUT2D eigenvalue weighted by Gasteiger charge is 2.09. The van der Waals surface area contributed by atoms with Crippen molar-refractivity contribution in [1.82, 2.24) is 5.32 Å². The normalized spacial score (nSPS) is 10.3. The molecule has 1 N–H and O–H groups in total. The van der Waals surface area contributed by atoms with Crippen LogP contribution in [0.4, 0.5) is 0 Å². The lowest BCUT2D eigenvalue weighted by molar-refractivity contribution is 0.387. The van der Waals surface area contributed by atoms with Gasteiger partial charge in [0.15, 0.2) is 0 Å². The van der Waals surface area contributed by atoms with E-state index in [1.54, 1.807) is 26.0 Å². The average Bonchev–Trinajstić information content (AvgIpc) is 2.50. The summed E-state index contributed by atoms with van der Waals surface area (Å²) in [5.41, 5.74) is 1.28. The number of rotatable bonds is 6. The van der Waals surface area contributed by atoms with Gasteiger partial charge in [0, 0.05) is 17.5 Å². The van der Waals surface area contributed by atoms with E-state index in [4.69, 9.17) is 9.47 Å². The number of nitrogens with one attached hydrogen (secondary N) is 1. The first kappa shape index (κ1) is 14.8. The van der Waals surface area contributed by atoms with Crippen LogP contribution in [0.15, 0.2) is 52.3 Å². The fourth-order valence-corrected chi connectivity index (χ4v) is 2.95. The Morgan fingerprint density at radius 3 is 2.50 bits per heavy atom. The molecule has 2 rings (SSSR count). The van der Waals surface area contributed by atoms with Gasteiger partial charge < -0.3 is 14.8 Å². The lowest BCUT2D eigenvalue weighted by Crippen LogP contribution is -2.05. The van der Waals surface area contributed by atoms with Crippen LogP contribution in [-0.2, 0) is 6.54 Å². The Balaban J connectivity index is 2.30. The summed E-state index contributed by atoms with van der Waals surface area (Å²) in [5.74, 6) is 1.63. The first-order chi connectivity index (χ1) is 9.78. The summed E-state index contributed by atoms with van der Waals surface area (Å²) in [6.07, 6.45) is 0. The molecule has 0 amide bonds. The maximum absolute atomic E-state index is 5.44. The third-order valence-corrected chi connectivity index (χ3v) is 4.11. The zero-order valence-corrected chi connectivity index (χ0v) is 12.8. The predicted octanol–water partition coefficient (Wildman–Crippen LogP) is 3.57. The molecule has 0 atom stereocenters. The molecule has 0 saturated carbocycles. The van der Waals surface area contributed by atoms with Crippen molar-refractivity contribution in [2.24, 2.45) is 0 Å². The van der Waals surface area contributed by atoms with Gasteiger partial charge in [-0.2, -0.15) is 0 Å². The van der Waals surface area contributed by atoms with Crippen LogP contribution in [0, 0.1) is 0 Å². The maximum atomic E-state index is 5.44. The third-order valence-electron chi connectivity index (χ3n) is 2.93. The van der Waals surface area contributed by atoms with Crippen molar-refractivity contribution >= 4 is 11.8 Å². The highest BCUT2D eigenvalue weighted by Crippen LogP contribution is 2.38. The maximum Gasteiger partial charge on any atom is 0.136 e. The van der Waals surface area contributed by atoms with Crippen LogP contribution >= 0.6 is 11.8 Å². The molecule has 0 fully saturated rings. The Morgan fingerprint density at radius 2 is 1.80 bits per heavy atom. The summed E-state index contributed by atoms with van der Waals surface area (Å²) in [4.78, 5) is 2.31. The molecule has 0 aliphatic heterocycles. The zero-order valence-electron chi connectivity index (χ0n) is 12.0. The molecule has 2 aromatic carbocycles. The quantitative estimate of drug-likeness (QED) is 0.880. The van der Waals surface area contributed by atoms with Crippen molar-refractivity contribution in [3.05, 3.63) is 48.0 Å². The Hall–Kier alpha value is -1.65. The van der Waals surface area contributed by atoms with Crippen LogP contribution < -0.4 is 14.8 Å².